The number of thiazole rings is 1. The molecule has 26 heavy (non-hydrogen) atoms. The average molecular weight is 395 g/mol. The van der Waals surface area contributed by atoms with Crippen molar-refractivity contribution in [1.29, 1.82) is 0 Å². The predicted molar refractivity (Wildman–Crippen MR) is 101 cm³/mol. The molecule has 0 unspecified atom stereocenters. The molecule has 0 atom stereocenters. The van der Waals surface area contributed by atoms with Crippen LogP contribution in [0.15, 0.2) is 29.6 Å². The fraction of sp³-hybridized carbons (Fsp3) is 0.353. The molecule has 0 radical (unpaired) electrons. The quantitative estimate of drug-likeness (QED) is 0.758. The Bertz CT molecular complexity index is 777. The first-order valence-electron chi connectivity index (χ1n) is 8.24. The van der Waals surface area contributed by atoms with Gasteiger partial charge in [0.25, 0.3) is 5.91 Å². The third-order valence-corrected chi connectivity index (χ3v) is 5.17. The van der Waals surface area contributed by atoms with Crippen LogP contribution >= 0.6 is 22.9 Å². The molecule has 2 amide bonds. The number of carbonyl (C=O) groups is 2. The highest BCUT2D eigenvalue weighted by Gasteiger charge is 2.17. The van der Waals surface area contributed by atoms with Crippen LogP contribution in [-0.4, -0.2) is 43.1 Å². The summed E-state index contributed by atoms with van der Waals surface area (Å²) in [5.74, 6) is -0.728. The summed E-state index contributed by atoms with van der Waals surface area (Å²) in [4.78, 5) is 30.4. The molecule has 0 aliphatic carbocycles. The molecule has 0 saturated carbocycles. The van der Waals surface area contributed by atoms with Crippen molar-refractivity contribution in [2.75, 3.05) is 31.2 Å². The number of aryl methyl sites for hydroxylation is 1. The van der Waals surface area contributed by atoms with E-state index in [1.165, 1.54) is 11.3 Å². The Labute approximate surface area is 160 Å². The molecule has 3 rings (SSSR count). The summed E-state index contributed by atoms with van der Waals surface area (Å²) in [6.45, 7) is 2.83. The number of anilines is 1. The molecule has 7 nitrogen and oxygen atoms in total. The van der Waals surface area contributed by atoms with E-state index in [4.69, 9.17) is 16.3 Å². The Morgan fingerprint density at radius 1 is 1.23 bits per heavy atom. The summed E-state index contributed by atoms with van der Waals surface area (Å²) in [6, 6.07) is 7.36. The predicted octanol–water partition coefficient (Wildman–Crippen LogP) is 2.03. The van der Waals surface area contributed by atoms with Gasteiger partial charge in [-0.2, -0.15) is 0 Å². The van der Waals surface area contributed by atoms with Gasteiger partial charge in [0, 0.05) is 29.9 Å². The van der Waals surface area contributed by atoms with Gasteiger partial charge in [0.05, 0.1) is 13.2 Å². The maximum absolute atomic E-state index is 12.1. The normalized spacial score (nSPS) is 14.1. The number of nitrogens with one attached hydrogen (secondary N) is 2. The topological polar surface area (TPSA) is 83.6 Å². The Balaban J connectivity index is 1.45. The number of hydrazine groups is 1. The highest BCUT2D eigenvalue weighted by atomic mass is 35.5. The van der Waals surface area contributed by atoms with Gasteiger partial charge < -0.3 is 9.64 Å². The first-order valence-corrected chi connectivity index (χ1v) is 9.50. The third kappa shape index (κ3) is 4.94. The van der Waals surface area contributed by atoms with E-state index >= 15 is 0 Å². The number of halogens is 1. The first-order chi connectivity index (χ1) is 12.6. The van der Waals surface area contributed by atoms with Gasteiger partial charge in [-0.3, -0.25) is 20.4 Å². The molecule has 2 N–H and O–H groups in total. The van der Waals surface area contributed by atoms with Crippen molar-refractivity contribution in [3.8, 4) is 0 Å². The first kappa shape index (κ1) is 18.6. The molecule has 1 aromatic heterocycles. The summed E-state index contributed by atoms with van der Waals surface area (Å²) in [7, 11) is 0. The van der Waals surface area contributed by atoms with Crippen LogP contribution in [-0.2, 0) is 16.0 Å². The Morgan fingerprint density at radius 2 is 2.00 bits per heavy atom. The minimum absolute atomic E-state index is 0.222. The van der Waals surface area contributed by atoms with E-state index < -0.39 is 5.91 Å². The zero-order valence-corrected chi connectivity index (χ0v) is 15.6. The third-order valence-electron chi connectivity index (χ3n) is 3.90. The molecule has 1 aliphatic heterocycles. The molecule has 0 bridgehead atoms. The van der Waals surface area contributed by atoms with Crippen molar-refractivity contribution >= 4 is 39.9 Å². The Kier molecular flexibility index (Phi) is 6.43. The van der Waals surface area contributed by atoms with Gasteiger partial charge in [0.15, 0.2) is 5.13 Å². The maximum Gasteiger partial charge on any atom is 0.289 e. The number of carbonyl (C=O) groups excluding carboxylic acids is 2. The monoisotopic (exact) mass is 394 g/mol. The molecule has 1 fully saturated rings. The van der Waals surface area contributed by atoms with Crippen molar-refractivity contribution in [2.24, 2.45) is 0 Å². The van der Waals surface area contributed by atoms with Crippen LogP contribution in [0.1, 0.15) is 22.5 Å². The van der Waals surface area contributed by atoms with E-state index in [1.54, 1.807) is 11.4 Å². The molecule has 9 heteroatoms. The summed E-state index contributed by atoms with van der Waals surface area (Å²) in [5.41, 5.74) is 5.98. The van der Waals surface area contributed by atoms with E-state index in [-0.39, 0.29) is 18.0 Å². The van der Waals surface area contributed by atoms with Gasteiger partial charge >= 0.3 is 0 Å². The highest BCUT2D eigenvalue weighted by molar-refractivity contribution is 7.13. The standard InChI is InChI=1S/C17H19ClN4O3S/c18-13-4-2-1-3-12(13)5-6-15(23)20-21-16(24)14-11-26-17(19-14)22-7-9-25-10-8-22/h1-4,11H,5-10H2,(H,20,23)(H,21,24). The number of hydrogen-bond donors (Lipinski definition) is 2. The van der Waals surface area contributed by atoms with E-state index in [1.807, 2.05) is 18.2 Å². The molecular formula is C17H19ClN4O3S. The zero-order chi connectivity index (χ0) is 18.4. The van der Waals surface area contributed by atoms with Gasteiger partial charge in [-0.1, -0.05) is 29.8 Å². The van der Waals surface area contributed by atoms with Gasteiger partial charge in [0.2, 0.25) is 5.91 Å². The summed E-state index contributed by atoms with van der Waals surface area (Å²) >= 11 is 7.46. The van der Waals surface area contributed by atoms with E-state index in [0.29, 0.717) is 24.7 Å². The van der Waals surface area contributed by atoms with E-state index in [2.05, 4.69) is 20.7 Å². The molecule has 1 aromatic carbocycles. The zero-order valence-electron chi connectivity index (χ0n) is 14.0. The SMILES string of the molecule is O=C(CCc1ccccc1Cl)NNC(=O)c1csc(N2CCOCC2)n1. The molecular weight excluding hydrogens is 376 g/mol. The molecule has 138 valence electrons. The lowest BCUT2D eigenvalue weighted by molar-refractivity contribution is -0.121. The number of rotatable bonds is 5. The summed E-state index contributed by atoms with van der Waals surface area (Å²) < 4.78 is 5.30. The van der Waals surface area contributed by atoms with Crippen LogP contribution in [0, 0.1) is 0 Å². The Morgan fingerprint density at radius 3 is 2.77 bits per heavy atom. The van der Waals surface area contributed by atoms with Crippen molar-refractivity contribution in [2.45, 2.75) is 12.8 Å². The molecule has 1 aliphatic rings. The van der Waals surface area contributed by atoms with Crippen LogP contribution < -0.4 is 15.8 Å². The lowest BCUT2D eigenvalue weighted by Gasteiger charge is -2.25. The van der Waals surface area contributed by atoms with Gasteiger partial charge in [-0.05, 0) is 18.1 Å². The van der Waals surface area contributed by atoms with Crippen LogP contribution in [0.25, 0.3) is 0 Å². The Hall–Kier alpha value is -2.16. The van der Waals surface area contributed by atoms with Crippen molar-refractivity contribution in [1.82, 2.24) is 15.8 Å². The highest BCUT2D eigenvalue weighted by Crippen LogP contribution is 2.21. The fourth-order valence-electron chi connectivity index (χ4n) is 2.47. The minimum Gasteiger partial charge on any atom is -0.378 e. The second-order valence-electron chi connectivity index (χ2n) is 5.71. The number of hydrogen-bond acceptors (Lipinski definition) is 6. The second-order valence-corrected chi connectivity index (χ2v) is 6.95. The molecule has 1 saturated heterocycles. The smallest absolute Gasteiger partial charge is 0.289 e. The summed E-state index contributed by atoms with van der Waals surface area (Å²) in [6.07, 6.45) is 0.722. The lowest BCUT2D eigenvalue weighted by Crippen LogP contribution is -2.42. The number of ether oxygens (including phenoxy) is 1. The van der Waals surface area contributed by atoms with Crippen LogP contribution in [0.2, 0.25) is 5.02 Å². The average Bonchev–Trinajstić information content (AvgIpc) is 3.16. The van der Waals surface area contributed by atoms with Crippen molar-refractivity contribution < 1.29 is 14.3 Å². The van der Waals surface area contributed by atoms with Crippen LogP contribution in [0.5, 0.6) is 0 Å². The minimum atomic E-state index is -0.438. The number of benzene rings is 1. The van der Waals surface area contributed by atoms with E-state index in [0.717, 1.165) is 23.8 Å². The number of aromatic nitrogens is 1. The molecule has 0 spiro atoms. The van der Waals surface area contributed by atoms with Crippen molar-refractivity contribution in [3.05, 3.63) is 45.9 Å². The van der Waals surface area contributed by atoms with Gasteiger partial charge in [-0.15, -0.1) is 11.3 Å². The molecule has 2 heterocycles. The van der Waals surface area contributed by atoms with Crippen LogP contribution in [0.4, 0.5) is 5.13 Å². The maximum atomic E-state index is 12.1. The second kappa shape index (κ2) is 8.98. The van der Waals surface area contributed by atoms with Crippen LogP contribution in [0.3, 0.4) is 0 Å². The number of morpholine rings is 1. The van der Waals surface area contributed by atoms with E-state index in [9.17, 15) is 9.59 Å². The van der Waals surface area contributed by atoms with Crippen molar-refractivity contribution in [3.63, 3.8) is 0 Å². The fourth-order valence-corrected chi connectivity index (χ4v) is 3.56. The summed E-state index contributed by atoms with van der Waals surface area (Å²) in [5, 5.41) is 3.08. The number of amides is 2. The molecule has 2 aromatic rings. The lowest BCUT2D eigenvalue weighted by atomic mass is 10.1. The van der Waals surface area contributed by atoms with Gasteiger partial charge in [-0.25, -0.2) is 4.98 Å². The largest absolute Gasteiger partial charge is 0.378 e. The van der Waals surface area contributed by atoms with Gasteiger partial charge in [0.1, 0.15) is 5.69 Å². The number of nitrogens with zero attached hydrogens (tertiary/aromatic N) is 2.